The van der Waals surface area contributed by atoms with Crippen LogP contribution in [0.1, 0.15) is 28.4 Å². The van der Waals surface area contributed by atoms with Gasteiger partial charge in [0.15, 0.2) is 0 Å². The molecule has 1 atom stereocenters. The first-order valence-corrected chi connectivity index (χ1v) is 6.07. The monoisotopic (exact) mass is 264 g/mol. The van der Waals surface area contributed by atoms with Crippen LogP contribution < -0.4 is 0 Å². The van der Waals surface area contributed by atoms with Crippen molar-refractivity contribution in [3.05, 3.63) is 69.5 Å². The van der Waals surface area contributed by atoms with Crippen molar-refractivity contribution in [3.8, 4) is 0 Å². The molecule has 0 aromatic heterocycles. The first-order chi connectivity index (χ1) is 8.49. The largest absolute Gasteiger partial charge is 0.384 e. The Morgan fingerprint density at radius 3 is 2.28 bits per heavy atom. The van der Waals surface area contributed by atoms with E-state index in [0.29, 0.717) is 16.1 Å². The van der Waals surface area contributed by atoms with Crippen molar-refractivity contribution in [2.75, 3.05) is 0 Å². The van der Waals surface area contributed by atoms with Gasteiger partial charge in [-0.3, -0.25) is 0 Å². The van der Waals surface area contributed by atoms with Crippen LogP contribution >= 0.6 is 11.6 Å². The van der Waals surface area contributed by atoms with Gasteiger partial charge in [0.05, 0.1) is 0 Å². The zero-order chi connectivity index (χ0) is 13.3. The molecule has 18 heavy (non-hydrogen) atoms. The molecule has 0 aliphatic heterocycles. The van der Waals surface area contributed by atoms with E-state index in [1.807, 2.05) is 13.0 Å². The summed E-state index contributed by atoms with van der Waals surface area (Å²) < 4.78 is 13.9. The average Bonchev–Trinajstić information content (AvgIpc) is 2.28. The van der Waals surface area contributed by atoms with Gasteiger partial charge in [0.25, 0.3) is 0 Å². The number of halogens is 2. The molecule has 2 aromatic rings. The van der Waals surface area contributed by atoms with Crippen molar-refractivity contribution in [1.29, 1.82) is 0 Å². The van der Waals surface area contributed by atoms with Crippen molar-refractivity contribution < 1.29 is 9.50 Å². The molecular weight excluding hydrogens is 251 g/mol. The standard InChI is InChI=1S/C15H14ClFO/c1-9-7-10(2)14(13(17)8-9)15(18)11-3-5-12(16)6-4-11/h3-8,15,18H,1-2H3. The highest BCUT2D eigenvalue weighted by Crippen LogP contribution is 2.28. The summed E-state index contributed by atoms with van der Waals surface area (Å²) in [7, 11) is 0. The van der Waals surface area contributed by atoms with Gasteiger partial charge in [-0.25, -0.2) is 4.39 Å². The predicted molar refractivity (Wildman–Crippen MR) is 71.4 cm³/mol. The van der Waals surface area contributed by atoms with Crippen molar-refractivity contribution in [3.63, 3.8) is 0 Å². The molecule has 2 aromatic carbocycles. The van der Waals surface area contributed by atoms with Crippen molar-refractivity contribution in [2.24, 2.45) is 0 Å². The Bertz CT molecular complexity index is 540. The van der Waals surface area contributed by atoms with Crippen molar-refractivity contribution in [2.45, 2.75) is 20.0 Å². The molecule has 0 spiro atoms. The molecule has 3 heteroatoms. The Balaban J connectivity index is 2.46. The topological polar surface area (TPSA) is 20.2 Å². The molecule has 0 amide bonds. The lowest BCUT2D eigenvalue weighted by atomic mass is 9.95. The summed E-state index contributed by atoms with van der Waals surface area (Å²) in [5.41, 5.74) is 2.54. The van der Waals surface area contributed by atoms with E-state index in [9.17, 15) is 9.50 Å². The fourth-order valence-corrected chi connectivity index (χ4v) is 2.21. The Hall–Kier alpha value is -1.38. The summed E-state index contributed by atoms with van der Waals surface area (Å²) in [5, 5.41) is 10.8. The predicted octanol–water partition coefficient (Wildman–Crippen LogP) is 4.18. The summed E-state index contributed by atoms with van der Waals surface area (Å²) in [4.78, 5) is 0. The van der Waals surface area contributed by atoms with Crippen LogP contribution in [0.4, 0.5) is 4.39 Å². The first-order valence-electron chi connectivity index (χ1n) is 5.69. The molecule has 1 nitrogen and oxygen atoms in total. The second-order valence-corrected chi connectivity index (χ2v) is 4.87. The van der Waals surface area contributed by atoms with Gasteiger partial charge in [0.2, 0.25) is 0 Å². The molecule has 1 unspecified atom stereocenters. The molecule has 0 bridgehead atoms. The summed E-state index contributed by atoms with van der Waals surface area (Å²) in [6.07, 6.45) is -0.970. The van der Waals surface area contributed by atoms with Crippen LogP contribution in [0, 0.1) is 19.7 Å². The van der Waals surface area contributed by atoms with E-state index in [-0.39, 0.29) is 5.82 Å². The van der Waals surface area contributed by atoms with E-state index in [1.54, 1.807) is 31.2 Å². The average molecular weight is 265 g/mol. The molecular formula is C15H14ClFO. The van der Waals surface area contributed by atoms with Gasteiger partial charge in [-0.2, -0.15) is 0 Å². The third-order valence-corrected chi connectivity index (χ3v) is 3.19. The minimum Gasteiger partial charge on any atom is -0.384 e. The van der Waals surface area contributed by atoms with Gasteiger partial charge in [0, 0.05) is 10.6 Å². The van der Waals surface area contributed by atoms with Crippen LogP contribution in [-0.4, -0.2) is 5.11 Å². The van der Waals surface area contributed by atoms with Gasteiger partial charge < -0.3 is 5.11 Å². The van der Waals surface area contributed by atoms with E-state index in [0.717, 1.165) is 11.1 Å². The maximum absolute atomic E-state index is 13.9. The summed E-state index contributed by atoms with van der Waals surface area (Å²) in [6.45, 7) is 3.62. The smallest absolute Gasteiger partial charge is 0.129 e. The Morgan fingerprint density at radius 2 is 1.72 bits per heavy atom. The second kappa shape index (κ2) is 5.09. The number of hydrogen-bond acceptors (Lipinski definition) is 1. The molecule has 94 valence electrons. The number of aryl methyl sites for hydroxylation is 2. The lowest BCUT2D eigenvalue weighted by Gasteiger charge is -2.16. The zero-order valence-electron chi connectivity index (χ0n) is 10.2. The molecule has 0 aliphatic rings. The van der Waals surface area contributed by atoms with E-state index < -0.39 is 6.10 Å². The SMILES string of the molecule is Cc1cc(C)c(C(O)c2ccc(Cl)cc2)c(F)c1. The highest BCUT2D eigenvalue weighted by Gasteiger charge is 2.17. The van der Waals surface area contributed by atoms with Crippen LogP contribution in [0.25, 0.3) is 0 Å². The van der Waals surface area contributed by atoms with E-state index >= 15 is 0 Å². The van der Waals surface area contributed by atoms with E-state index in [2.05, 4.69) is 0 Å². The summed E-state index contributed by atoms with van der Waals surface area (Å²) >= 11 is 5.79. The Morgan fingerprint density at radius 1 is 1.11 bits per heavy atom. The fraction of sp³-hybridized carbons (Fsp3) is 0.200. The van der Waals surface area contributed by atoms with Gasteiger partial charge in [-0.15, -0.1) is 0 Å². The molecule has 0 saturated heterocycles. The highest BCUT2D eigenvalue weighted by molar-refractivity contribution is 6.30. The fourth-order valence-electron chi connectivity index (χ4n) is 2.08. The lowest BCUT2D eigenvalue weighted by molar-refractivity contribution is 0.214. The van der Waals surface area contributed by atoms with Gasteiger partial charge >= 0.3 is 0 Å². The van der Waals surface area contributed by atoms with Crippen LogP contribution in [0.2, 0.25) is 5.02 Å². The Kier molecular flexibility index (Phi) is 3.69. The molecule has 0 aliphatic carbocycles. The summed E-state index contributed by atoms with van der Waals surface area (Å²) in [5.74, 6) is -0.380. The maximum Gasteiger partial charge on any atom is 0.129 e. The van der Waals surface area contributed by atoms with Crippen molar-refractivity contribution >= 4 is 11.6 Å². The number of aliphatic hydroxyl groups excluding tert-OH is 1. The van der Waals surface area contributed by atoms with Gasteiger partial charge in [-0.05, 0) is 48.7 Å². The number of rotatable bonds is 2. The zero-order valence-corrected chi connectivity index (χ0v) is 11.0. The van der Waals surface area contributed by atoms with Gasteiger partial charge in [-0.1, -0.05) is 29.8 Å². The molecule has 0 saturated carbocycles. The number of benzene rings is 2. The summed E-state index contributed by atoms with van der Waals surface area (Å²) in [6, 6.07) is 10.1. The normalized spacial score (nSPS) is 12.5. The minimum atomic E-state index is -0.970. The Labute approximate surface area is 111 Å². The number of aliphatic hydroxyl groups is 1. The third kappa shape index (κ3) is 2.55. The number of hydrogen-bond donors (Lipinski definition) is 1. The molecule has 1 N–H and O–H groups in total. The van der Waals surface area contributed by atoms with Gasteiger partial charge in [0.1, 0.15) is 11.9 Å². The van der Waals surface area contributed by atoms with Crippen LogP contribution in [0.5, 0.6) is 0 Å². The molecule has 2 rings (SSSR count). The molecule has 0 fully saturated rings. The molecule has 0 radical (unpaired) electrons. The first kappa shape index (κ1) is 13.1. The van der Waals surface area contributed by atoms with Crippen molar-refractivity contribution in [1.82, 2.24) is 0 Å². The maximum atomic E-state index is 13.9. The van der Waals surface area contributed by atoms with Crippen LogP contribution in [0.3, 0.4) is 0 Å². The lowest BCUT2D eigenvalue weighted by Crippen LogP contribution is -2.05. The third-order valence-electron chi connectivity index (χ3n) is 2.94. The van der Waals surface area contributed by atoms with Crippen LogP contribution in [-0.2, 0) is 0 Å². The minimum absolute atomic E-state index is 0.322. The van der Waals surface area contributed by atoms with E-state index in [4.69, 9.17) is 11.6 Å². The highest BCUT2D eigenvalue weighted by atomic mass is 35.5. The quantitative estimate of drug-likeness (QED) is 0.863. The van der Waals surface area contributed by atoms with Crippen LogP contribution in [0.15, 0.2) is 36.4 Å². The molecule has 0 heterocycles. The van der Waals surface area contributed by atoms with E-state index in [1.165, 1.54) is 6.07 Å². The second-order valence-electron chi connectivity index (χ2n) is 4.43.